The van der Waals surface area contributed by atoms with Crippen LogP contribution in [-0.4, -0.2) is 30.6 Å². The van der Waals surface area contributed by atoms with Crippen molar-refractivity contribution in [2.24, 2.45) is 23.0 Å². The molecule has 3 unspecified atom stereocenters. The van der Waals surface area contributed by atoms with E-state index in [2.05, 4.69) is 25.7 Å². The van der Waals surface area contributed by atoms with Crippen LogP contribution in [0.15, 0.2) is 0 Å². The summed E-state index contributed by atoms with van der Waals surface area (Å²) in [5, 5.41) is 0. The van der Waals surface area contributed by atoms with E-state index in [1.165, 1.54) is 64.5 Å². The molecule has 20 heavy (non-hydrogen) atoms. The second kappa shape index (κ2) is 7.26. The largest absolute Gasteiger partial charge is 0.330 e. The van der Waals surface area contributed by atoms with Gasteiger partial charge in [-0.05, 0) is 69.0 Å². The normalized spacial score (nSPS) is 35.7. The van der Waals surface area contributed by atoms with Crippen LogP contribution in [0.3, 0.4) is 0 Å². The molecule has 2 fully saturated rings. The van der Waals surface area contributed by atoms with Gasteiger partial charge in [-0.2, -0.15) is 0 Å². The Morgan fingerprint density at radius 1 is 1.15 bits per heavy atom. The monoisotopic (exact) mass is 280 g/mol. The van der Waals surface area contributed by atoms with E-state index >= 15 is 0 Å². The molecule has 2 rings (SSSR count). The molecule has 0 aromatic rings. The van der Waals surface area contributed by atoms with Crippen LogP contribution in [-0.2, 0) is 0 Å². The van der Waals surface area contributed by atoms with Crippen molar-refractivity contribution in [2.45, 2.75) is 78.2 Å². The highest BCUT2D eigenvalue weighted by atomic mass is 15.2. The lowest BCUT2D eigenvalue weighted by Crippen LogP contribution is -2.47. The molecule has 0 amide bonds. The van der Waals surface area contributed by atoms with Gasteiger partial charge in [0.15, 0.2) is 0 Å². The molecule has 3 atom stereocenters. The maximum atomic E-state index is 6.09. The quantitative estimate of drug-likeness (QED) is 0.842. The van der Waals surface area contributed by atoms with Crippen LogP contribution in [0.4, 0.5) is 0 Å². The Labute approximate surface area is 126 Å². The van der Waals surface area contributed by atoms with Crippen molar-refractivity contribution >= 4 is 0 Å². The van der Waals surface area contributed by atoms with Gasteiger partial charge in [-0.25, -0.2) is 0 Å². The first-order chi connectivity index (χ1) is 9.55. The summed E-state index contributed by atoms with van der Waals surface area (Å²) in [7, 11) is 0. The maximum Gasteiger partial charge on any atom is 0.0138 e. The van der Waals surface area contributed by atoms with Crippen molar-refractivity contribution in [3.8, 4) is 0 Å². The molecule has 1 aliphatic carbocycles. The van der Waals surface area contributed by atoms with Crippen LogP contribution in [0.2, 0.25) is 0 Å². The third-order valence-corrected chi connectivity index (χ3v) is 5.91. The molecular weight excluding hydrogens is 244 g/mol. The smallest absolute Gasteiger partial charge is 0.0138 e. The number of rotatable bonds is 4. The molecule has 1 aliphatic heterocycles. The standard InChI is InChI=1S/C18H36N2/c1-4-6-15-7-8-16(14-19)17(13-15)20-11-5-9-18(2,3)10-12-20/h15-17H,4-14,19H2,1-3H3. The molecule has 2 aliphatic rings. The number of nitrogens with two attached hydrogens (primary N) is 1. The van der Waals surface area contributed by atoms with E-state index in [0.29, 0.717) is 5.41 Å². The number of hydrogen-bond acceptors (Lipinski definition) is 2. The zero-order chi connectivity index (χ0) is 14.6. The summed E-state index contributed by atoms with van der Waals surface area (Å²) < 4.78 is 0. The Balaban J connectivity index is 1.99. The van der Waals surface area contributed by atoms with Crippen LogP contribution in [0.5, 0.6) is 0 Å². The summed E-state index contributed by atoms with van der Waals surface area (Å²) in [6.07, 6.45) is 11.1. The van der Waals surface area contributed by atoms with Crippen molar-refractivity contribution in [3.05, 3.63) is 0 Å². The number of likely N-dealkylation sites (tertiary alicyclic amines) is 1. The van der Waals surface area contributed by atoms with Gasteiger partial charge >= 0.3 is 0 Å². The molecule has 0 aromatic carbocycles. The molecule has 1 saturated heterocycles. The number of hydrogen-bond donors (Lipinski definition) is 1. The van der Waals surface area contributed by atoms with Crippen molar-refractivity contribution in [1.82, 2.24) is 4.90 Å². The fourth-order valence-corrected chi connectivity index (χ4v) is 4.46. The first-order valence-electron chi connectivity index (χ1n) is 9.00. The van der Waals surface area contributed by atoms with E-state index in [-0.39, 0.29) is 0 Å². The molecule has 1 saturated carbocycles. The van der Waals surface area contributed by atoms with Gasteiger partial charge in [0, 0.05) is 6.04 Å². The molecule has 2 nitrogen and oxygen atoms in total. The topological polar surface area (TPSA) is 29.3 Å². The van der Waals surface area contributed by atoms with E-state index in [0.717, 1.165) is 24.4 Å². The molecule has 0 bridgehead atoms. The van der Waals surface area contributed by atoms with Gasteiger partial charge in [0.2, 0.25) is 0 Å². The average Bonchev–Trinajstić information content (AvgIpc) is 2.60. The third-order valence-electron chi connectivity index (χ3n) is 5.91. The Morgan fingerprint density at radius 2 is 1.95 bits per heavy atom. The van der Waals surface area contributed by atoms with E-state index in [1.807, 2.05) is 0 Å². The van der Waals surface area contributed by atoms with Crippen molar-refractivity contribution < 1.29 is 0 Å². The Kier molecular flexibility index (Phi) is 5.92. The predicted molar refractivity (Wildman–Crippen MR) is 87.8 cm³/mol. The van der Waals surface area contributed by atoms with Gasteiger partial charge in [0.25, 0.3) is 0 Å². The summed E-state index contributed by atoms with van der Waals surface area (Å²) in [6.45, 7) is 10.7. The van der Waals surface area contributed by atoms with Gasteiger partial charge in [-0.3, -0.25) is 0 Å². The van der Waals surface area contributed by atoms with Gasteiger partial charge in [0.1, 0.15) is 0 Å². The summed E-state index contributed by atoms with van der Waals surface area (Å²) >= 11 is 0. The summed E-state index contributed by atoms with van der Waals surface area (Å²) in [5.41, 5.74) is 6.63. The van der Waals surface area contributed by atoms with Crippen LogP contribution in [0.1, 0.15) is 72.1 Å². The molecule has 0 aromatic heterocycles. The predicted octanol–water partition coefficient (Wildman–Crippen LogP) is 4.04. The third kappa shape index (κ3) is 4.21. The van der Waals surface area contributed by atoms with E-state index in [1.54, 1.807) is 0 Å². The molecule has 118 valence electrons. The minimum atomic E-state index is 0.546. The molecule has 1 heterocycles. The SMILES string of the molecule is CCCC1CCC(CN)C(N2CCCC(C)(C)CC2)C1. The average molecular weight is 281 g/mol. The van der Waals surface area contributed by atoms with Crippen molar-refractivity contribution in [1.29, 1.82) is 0 Å². The first kappa shape index (κ1) is 16.3. The van der Waals surface area contributed by atoms with Gasteiger partial charge in [-0.15, -0.1) is 0 Å². The highest BCUT2D eigenvalue weighted by Gasteiger charge is 2.35. The van der Waals surface area contributed by atoms with Crippen LogP contribution < -0.4 is 5.73 Å². The lowest BCUT2D eigenvalue weighted by atomic mass is 9.76. The molecule has 0 radical (unpaired) electrons. The van der Waals surface area contributed by atoms with Gasteiger partial charge in [-0.1, -0.05) is 40.0 Å². The fourth-order valence-electron chi connectivity index (χ4n) is 4.46. The summed E-state index contributed by atoms with van der Waals surface area (Å²) in [6, 6.07) is 0.777. The van der Waals surface area contributed by atoms with E-state index in [4.69, 9.17) is 5.73 Å². The lowest BCUT2D eigenvalue weighted by molar-refractivity contribution is 0.0793. The van der Waals surface area contributed by atoms with Crippen molar-refractivity contribution in [2.75, 3.05) is 19.6 Å². The van der Waals surface area contributed by atoms with Gasteiger partial charge < -0.3 is 10.6 Å². The van der Waals surface area contributed by atoms with Gasteiger partial charge in [0.05, 0.1) is 0 Å². The maximum absolute atomic E-state index is 6.09. The molecule has 2 N–H and O–H groups in total. The second-order valence-electron chi connectivity index (χ2n) is 8.08. The summed E-state index contributed by atoms with van der Waals surface area (Å²) in [5.74, 6) is 1.72. The number of nitrogens with zero attached hydrogens (tertiary/aromatic N) is 1. The fraction of sp³-hybridized carbons (Fsp3) is 1.00. The van der Waals surface area contributed by atoms with Crippen LogP contribution in [0, 0.1) is 17.3 Å². The van der Waals surface area contributed by atoms with E-state index < -0.39 is 0 Å². The van der Waals surface area contributed by atoms with Crippen LogP contribution in [0.25, 0.3) is 0 Å². The molecule has 2 heteroatoms. The lowest BCUT2D eigenvalue weighted by Gasteiger charge is -2.42. The zero-order valence-corrected chi connectivity index (χ0v) is 14.0. The minimum absolute atomic E-state index is 0.546. The Morgan fingerprint density at radius 3 is 2.65 bits per heavy atom. The van der Waals surface area contributed by atoms with Crippen molar-refractivity contribution in [3.63, 3.8) is 0 Å². The van der Waals surface area contributed by atoms with E-state index in [9.17, 15) is 0 Å². The first-order valence-corrected chi connectivity index (χ1v) is 9.00. The Bertz CT molecular complexity index is 287. The van der Waals surface area contributed by atoms with Crippen LogP contribution >= 0.6 is 0 Å². The zero-order valence-electron chi connectivity index (χ0n) is 14.0. The highest BCUT2D eigenvalue weighted by molar-refractivity contribution is 4.89. The minimum Gasteiger partial charge on any atom is -0.330 e. The second-order valence-corrected chi connectivity index (χ2v) is 8.08. The Hall–Kier alpha value is -0.0800. The molecular formula is C18H36N2. The summed E-state index contributed by atoms with van der Waals surface area (Å²) in [4.78, 5) is 2.81. The highest BCUT2D eigenvalue weighted by Crippen LogP contribution is 2.37. The molecule has 0 spiro atoms.